The fourth-order valence-corrected chi connectivity index (χ4v) is 1.98. The summed E-state index contributed by atoms with van der Waals surface area (Å²) in [6.07, 6.45) is 0.910. The smallest absolute Gasteiger partial charge is 0.146 e. The van der Waals surface area contributed by atoms with Gasteiger partial charge in [0.2, 0.25) is 0 Å². The fraction of sp³-hybridized carbons (Fsp3) is 0.375. The van der Waals surface area contributed by atoms with Crippen molar-refractivity contribution < 1.29 is 4.84 Å². The average Bonchev–Trinajstić information content (AvgIpc) is 2.75. The minimum absolute atomic E-state index is 0.0729. The Morgan fingerprint density at radius 3 is 3.25 bits per heavy atom. The Morgan fingerprint density at radius 2 is 2.67 bits per heavy atom. The molecule has 4 heteroatoms. The normalized spacial score (nSPS) is 22.1. The van der Waals surface area contributed by atoms with Crippen LogP contribution in [-0.2, 0) is 4.84 Å². The number of nitrogens with zero attached hydrogens (tertiary/aromatic N) is 1. The fourth-order valence-electron chi connectivity index (χ4n) is 1.10. The van der Waals surface area contributed by atoms with Crippen molar-refractivity contribution in [2.24, 2.45) is 5.16 Å². The third-order valence-electron chi connectivity index (χ3n) is 1.71. The lowest BCUT2D eigenvalue weighted by molar-refractivity contribution is 0.102. The van der Waals surface area contributed by atoms with Gasteiger partial charge in [-0.15, -0.1) is 22.9 Å². The van der Waals surface area contributed by atoms with Gasteiger partial charge in [0.15, 0.2) is 0 Å². The van der Waals surface area contributed by atoms with E-state index in [1.54, 1.807) is 11.3 Å². The standard InChI is InChI=1S/C8H8ClNOS/c9-5-6-4-7(10-11-6)8-2-1-3-12-8/h1-3,6H,4-5H2. The number of hydrogen-bond acceptors (Lipinski definition) is 3. The molecule has 1 aliphatic rings. The Kier molecular flexibility index (Phi) is 2.33. The van der Waals surface area contributed by atoms with Crippen LogP contribution in [0, 0.1) is 0 Å². The Hall–Kier alpha value is -0.540. The molecule has 0 amide bonds. The van der Waals surface area contributed by atoms with Gasteiger partial charge in [-0.05, 0) is 11.4 Å². The van der Waals surface area contributed by atoms with Crippen LogP contribution >= 0.6 is 22.9 Å². The molecule has 0 aromatic carbocycles. The van der Waals surface area contributed by atoms with Gasteiger partial charge >= 0.3 is 0 Å². The number of halogens is 1. The van der Waals surface area contributed by atoms with E-state index in [2.05, 4.69) is 5.16 Å². The minimum Gasteiger partial charge on any atom is -0.391 e. The number of thiophene rings is 1. The number of oxime groups is 1. The first kappa shape index (κ1) is 8.08. The van der Waals surface area contributed by atoms with Crippen LogP contribution in [0.1, 0.15) is 11.3 Å². The van der Waals surface area contributed by atoms with E-state index in [-0.39, 0.29) is 6.10 Å². The molecule has 0 saturated carbocycles. The third kappa shape index (κ3) is 1.47. The second-order valence-corrected chi connectivity index (χ2v) is 3.86. The molecule has 1 aromatic rings. The van der Waals surface area contributed by atoms with Gasteiger partial charge < -0.3 is 4.84 Å². The van der Waals surface area contributed by atoms with E-state index in [0.29, 0.717) is 5.88 Å². The molecule has 0 bridgehead atoms. The summed E-state index contributed by atoms with van der Waals surface area (Å²) in [7, 11) is 0. The number of rotatable bonds is 2. The van der Waals surface area contributed by atoms with Gasteiger partial charge in [-0.25, -0.2) is 0 Å². The minimum atomic E-state index is 0.0729. The maximum Gasteiger partial charge on any atom is 0.146 e. The Morgan fingerprint density at radius 1 is 1.75 bits per heavy atom. The Balaban J connectivity index is 2.09. The van der Waals surface area contributed by atoms with E-state index < -0.39 is 0 Å². The molecule has 1 unspecified atom stereocenters. The highest BCUT2D eigenvalue weighted by Gasteiger charge is 2.21. The molecule has 12 heavy (non-hydrogen) atoms. The van der Waals surface area contributed by atoms with Crippen molar-refractivity contribution in [1.29, 1.82) is 0 Å². The van der Waals surface area contributed by atoms with Gasteiger partial charge in [-0.1, -0.05) is 11.2 Å². The Labute approximate surface area is 79.8 Å². The van der Waals surface area contributed by atoms with Crippen molar-refractivity contribution in [2.45, 2.75) is 12.5 Å². The van der Waals surface area contributed by atoms with E-state index in [4.69, 9.17) is 16.4 Å². The maximum absolute atomic E-state index is 5.64. The van der Waals surface area contributed by atoms with Crippen LogP contribution in [0.3, 0.4) is 0 Å². The molecule has 0 saturated heterocycles. The molecule has 0 N–H and O–H groups in total. The molecular weight excluding hydrogens is 194 g/mol. The van der Waals surface area contributed by atoms with E-state index in [9.17, 15) is 0 Å². The van der Waals surface area contributed by atoms with Gasteiger partial charge in [-0.2, -0.15) is 0 Å². The zero-order valence-corrected chi connectivity index (χ0v) is 7.94. The van der Waals surface area contributed by atoms with Crippen molar-refractivity contribution in [3.05, 3.63) is 22.4 Å². The van der Waals surface area contributed by atoms with Crippen molar-refractivity contribution in [1.82, 2.24) is 0 Å². The highest BCUT2D eigenvalue weighted by atomic mass is 35.5. The summed E-state index contributed by atoms with van der Waals surface area (Å²) < 4.78 is 0. The molecule has 1 atom stereocenters. The first-order valence-electron chi connectivity index (χ1n) is 3.72. The third-order valence-corrected chi connectivity index (χ3v) is 2.97. The highest BCUT2D eigenvalue weighted by Crippen LogP contribution is 2.20. The quantitative estimate of drug-likeness (QED) is 0.674. The lowest BCUT2D eigenvalue weighted by atomic mass is 10.2. The average molecular weight is 202 g/mol. The number of alkyl halides is 1. The molecule has 1 aliphatic heterocycles. The monoisotopic (exact) mass is 201 g/mol. The Bertz CT molecular complexity index is 283. The van der Waals surface area contributed by atoms with Gasteiger partial charge in [0, 0.05) is 6.42 Å². The van der Waals surface area contributed by atoms with E-state index in [1.165, 1.54) is 4.88 Å². The van der Waals surface area contributed by atoms with Crippen LogP contribution < -0.4 is 0 Å². The topological polar surface area (TPSA) is 21.6 Å². The predicted octanol–water partition coefficient (Wildman–Crippen LogP) is 2.48. The van der Waals surface area contributed by atoms with Crippen molar-refractivity contribution in [3.8, 4) is 0 Å². The molecule has 1 aromatic heterocycles. The zero-order chi connectivity index (χ0) is 8.39. The molecule has 0 fully saturated rings. The lowest BCUT2D eigenvalue weighted by Crippen LogP contribution is -2.08. The SMILES string of the molecule is ClCC1CC(c2cccs2)=NO1. The summed E-state index contributed by atoms with van der Waals surface area (Å²) in [6, 6.07) is 4.06. The van der Waals surface area contributed by atoms with E-state index in [1.807, 2.05) is 17.5 Å². The molecule has 2 heterocycles. The van der Waals surface area contributed by atoms with Gasteiger partial charge in [0.1, 0.15) is 11.8 Å². The van der Waals surface area contributed by atoms with E-state index in [0.717, 1.165) is 12.1 Å². The lowest BCUT2D eigenvalue weighted by Gasteiger charge is -1.99. The van der Waals surface area contributed by atoms with Crippen molar-refractivity contribution in [2.75, 3.05) is 5.88 Å². The summed E-state index contributed by atoms with van der Waals surface area (Å²) in [5.74, 6) is 0.512. The van der Waals surface area contributed by atoms with Crippen molar-refractivity contribution >= 4 is 28.6 Å². The van der Waals surface area contributed by atoms with Crippen LogP contribution in [0.2, 0.25) is 0 Å². The van der Waals surface area contributed by atoms with Gasteiger partial charge in [-0.3, -0.25) is 0 Å². The van der Waals surface area contributed by atoms with Crippen LogP contribution in [0.15, 0.2) is 22.7 Å². The van der Waals surface area contributed by atoms with Crippen molar-refractivity contribution in [3.63, 3.8) is 0 Å². The summed E-state index contributed by atoms with van der Waals surface area (Å²) in [5.41, 5.74) is 1.02. The van der Waals surface area contributed by atoms with Crippen LogP contribution in [-0.4, -0.2) is 17.7 Å². The molecule has 2 rings (SSSR count). The summed E-state index contributed by atoms with van der Waals surface area (Å²) in [4.78, 5) is 6.28. The predicted molar refractivity (Wildman–Crippen MR) is 51.1 cm³/mol. The van der Waals surface area contributed by atoms with Gasteiger partial charge in [0.05, 0.1) is 10.8 Å². The molecule has 64 valence electrons. The molecular formula is C8H8ClNOS. The molecule has 0 spiro atoms. The van der Waals surface area contributed by atoms with Gasteiger partial charge in [0.25, 0.3) is 0 Å². The largest absolute Gasteiger partial charge is 0.391 e. The molecule has 0 radical (unpaired) electrons. The van der Waals surface area contributed by atoms with Crippen LogP contribution in [0.4, 0.5) is 0 Å². The number of hydrogen-bond donors (Lipinski definition) is 0. The maximum atomic E-state index is 5.64. The molecule has 0 aliphatic carbocycles. The first-order valence-corrected chi connectivity index (χ1v) is 5.14. The summed E-state index contributed by atoms with van der Waals surface area (Å²) in [5, 5.41) is 6.01. The van der Waals surface area contributed by atoms with Crippen LogP contribution in [0.5, 0.6) is 0 Å². The summed E-state index contributed by atoms with van der Waals surface area (Å²) >= 11 is 7.32. The van der Waals surface area contributed by atoms with E-state index >= 15 is 0 Å². The highest BCUT2D eigenvalue weighted by molar-refractivity contribution is 7.12. The summed E-state index contributed by atoms with van der Waals surface area (Å²) in [6.45, 7) is 0. The van der Waals surface area contributed by atoms with Crippen LogP contribution in [0.25, 0.3) is 0 Å². The second kappa shape index (κ2) is 3.46. The second-order valence-electron chi connectivity index (χ2n) is 2.60. The zero-order valence-electron chi connectivity index (χ0n) is 6.37. The first-order chi connectivity index (χ1) is 5.90. The molecule has 2 nitrogen and oxygen atoms in total.